The number of ether oxygens (including phenoxy) is 1. The SMILES string of the molecule is CC1(C)COC(=O)[C@H]1[O]. The summed E-state index contributed by atoms with van der Waals surface area (Å²) in [6, 6.07) is 0. The maximum absolute atomic E-state index is 10.8. The van der Waals surface area contributed by atoms with E-state index in [0.29, 0.717) is 0 Å². The molecule has 3 heteroatoms. The molecule has 0 aromatic rings. The van der Waals surface area contributed by atoms with Gasteiger partial charge in [0.25, 0.3) is 0 Å². The van der Waals surface area contributed by atoms with Crippen LogP contribution in [0.4, 0.5) is 0 Å². The molecular formula is C6H9O3. The van der Waals surface area contributed by atoms with Gasteiger partial charge in [-0.25, -0.2) is 9.90 Å². The third-order valence-corrected chi connectivity index (χ3v) is 1.51. The lowest BCUT2D eigenvalue weighted by atomic mass is 9.90. The van der Waals surface area contributed by atoms with Gasteiger partial charge >= 0.3 is 5.97 Å². The average molecular weight is 129 g/mol. The first-order valence-electron chi connectivity index (χ1n) is 2.86. The molecule has 1 atom stereocenters. The van der Waals surface area contributed by atoms with Gasteiger partial charge in [0.2, 0.25) is 0 Å². The fraction of sp³-hybridized carbons (Fsp3) is 0.833. The van der Waals surface area contributed by atoms with E-state index in [1.807, 2.05) is 0 Å². The van der Waals surface area contributed by atoms with E-state index >= 15 is 0 Å². The predicted octanol–water partition coefficient (Wildman–Crippen LogP) is 0.369. The summed E-state index contributed by atoms with van der Waals surface area (Å²) < 4.78 is 4.53. The monoisotopic (exact) mass is 129 g/mol. The summed E-state index contributed by atoms with van der Waals surface area (Å²) in [5, 5.41) is 10.8. The van der Waals surface area contributed by atoms with E-state index < -0.39 is 17.5 Å². The molecule has 3 nitrogen and oxygen atoms in total. The van der Waals surface area contributed by atoms with Crippen LogP contribution in [0.2, 0.25) is 0 Å². The third-order valence-electron chi connectivity index (χ3n) is 1.51. The summed E-state index contributed by atoms with van der Waals surface area (Å²) in [5.74, 6) is -0.611. The van der Waals surface area contributed by atoms with Crippen LogP contribution in [0.3, 0.4) is 0 Å². The van der Waals surface area contributed by atoms with Gasteiger partial charge in [-0.05, 0) is 0 Å². The Labute approximate surface area is 53.6 Å². The molecule has 51 valence electrons. The normalized spacial score (nSPS) is 32.3. The van der Waals surface area contributed by atoms with E-state index in [1.54, 1.807) is 13.8 Å². The summed E-state index contributed by atoms with van der Waals surface area (Å²) >= 11 is 0. The van der Waals surface area contributed by atoms with Crippen molar-refractivity contribution in [2.24, 2.45) is 5.41 Å². The van der Waals surface area contributed by atoms with Crippen LogP contribution >= 0.6 is 0 Å². The molecule has 1 aliphatic rings. The van der Waals surface area contributed by atoms with E-state index in [2.05, 4.69) is 4.74 Å². The van der Waals surface area contributed by atoms with Crippen molar-refractivity contribution >= 4 is 5.97 Å². The fourth-order valence-corrected chi connectivity index (χ4v) is 0.728. The summed E-state index contributed by atoms with van der Waals surface area (Å²) in [6.07, 6.45) is -1.18. The minimum Gasteiger partial charge on any atom is -0.463 e. The second-order valence-electron chi connectivity index (χ2n) is 2.98. The molecule has 1 saturated heterocycles. The number of cyclic esters (lactones) is 1. The Morgan fingerprint density at radius 2 is 2.22 bits per heavy atom. The van der Waals surface area contributed by atoms with E-state index in [1.165, 1.54) is 0 Å². The van der Waals surface area contributed by atoms with E-state index in [-0.39, 0.29) is 6.61 Å². The van der Waals surface area contributed by atoms with Crippen molar-refractivity contribution in [3.05, 3.63) is 0 Å². The Hall–Kier alpha value is -0.570. The topological polar surface area (TPSA) is 46.2 Å². The van der Waals surface area contributed by atoms with Crippen LogP contribution < -0.4 is 0 Å². The maximum atomic E-state index is 10.8. The number of rotatable bonds is 0. The molecule has 0 bridgehead atoms. The molecule has 0 aromatic carbocycles. The first-order chi connectivity index (χ1) is 4.04. The zero-order chi connectivity index (χ0) is 7.07. The lowest BCUT2D eigenvalue weighted by molar-refractivity contribution is -0.148. The highest BCUT2D eigenvalue weighted by atomic mass is 16.6. The Morgan fingerprint density at radius 3 is 2.33 bits per heavy atom. The van der Waals surface area contributed by atoms with Crippen molar-refractivity contribution in [2.75, 3.05) is 6.61 Å². The first kappa shape index (κ1) is 6.55. The highest BCUT2D eigenvalue weighted by Gasteiger charge is 2.43. The van der Waals surface area contributed by atoms with Crippen LogP contribution in [0.1, 0.15) is 13.8 Å². The molecule has 1 heterocycles. The highest BCUT2D eigenvalue weighted by molar-refractivity contribution is 5.77. The fourth-order valence-electron chi connectivity index (χ4n) is 0.728. The number of carbonyl (C=O) groups is 1. The van der Waals surface area contributed by atoms with Crippen LogP contribution in [-0.2, 0) is 14.6 Å². The molecule has 1 aliphatic heterocycles. The Balaban J connectivity index is 2.73. The molecule has 0 N–H and O–H groups in total. The van der Waals surface area contributed by atoms with Gasteiger partial charge in [0, 0.05) is 5.41 Å². The quantitative estimate of drug-likeness (QED) is 0.443. The van der Waals surface area contributed by atoms with Gasteiger partial charge in [-0.3, -0.25) is 0 Å². The van der Waals surface area contributed by atoms with Crippen LogP contribution in [-0.4, -0.2) is 18.7 Å². The molecule has 0 aromatic heterocycles. The number of carbonyl (C=O) groups excluding carboxylic acids is 1. The molecule has 0 aliphatic carbocycles. The van der Waals surface area contributed by atoms with Crippen LogP contribution in [0.5, 0.6) is 0 Å². The second kappa shape index (κ2) is 1.70. The van der Waals surface area contributed by atoms with Crippen molar-refractivity contribution in [3.8, 4) is 0 Å². The van der Waals surface area contributed by atoms with E-state index in [9.17, 15) is 9.90 Å². The summed E-state index contributed by atoms with van der Waals surface area (Å²) in [5.41, 5.74) is -0.503. The molecule has 0 saturated carbocycles. The maximum Gasteiger partial charge on any atom is 0.339 e. The van der Waals surface area contributed by atoms with Crippen LogP contribution in [0.25, 0.3) is 0 Å². The van der Waals surface area contributed by atoms with Crippen molar-refractivity contribution in [1.82, 2.24) is 0 Å². The first-order valence-corrected chi connectivity index (χ1v) is 2.86. The summed E-state index contributed by atoms with van der Waals surface area (Å²) in [4.78, 5) is 10.5. The number of hydrogen-bond acceptors (Lipinski definition) is 2. The lowest BCUT2D eigenvalue weighted by Gasteiger charge is -2.13. The van der Waals surface area contributed by atoms with Crippen LogP contribution in [0, 0.1) is 5.41 Å². The van der Waals surface area contributed by atoms with Crippen LogP contribution in [0.15, 0.2) is 0 Å². The second-order valence-corrected chi connectivity index (χ2v) is 2.98. The third kappa shape index (κ3) is 0.920. The van der Waals surface area contributed by atoms with Gasteiger partial charge in [-0.1, -0.05) is 13.8 Å². The van der Waals surface area contributed by atoms with Gasteiger partial charge in [0.15, 0.2) is 6.10 Å². The predicted molar refractivity (Wildman–Crippen MR) is 29.2 cm³/mol. The standard InChI is InChI=1S/C6H9O3/c1-6(2)3-9-5(8)4(6)7/h4H,3H2,1-2H3/t4-/m1/s1. The molecule has 1 rings (SSSR count). The van der Waals surface area contributed by atoms with Gasteiger partial charge in [-0.15, -0.1) is 0 Å². The number of esters is 1. The van der Waals surface area contributed by atoms with Gasteiger partial charge < -0.3 is 4.74 Å². The lowest BCUT2D eigenvalue weighted by Crippen LogP contribution is -2.27. The van der Waals surface area contributed by atoms with Gasteiger partial charge in [-0.2, -0.15) is 0 Å². The highest BCUT2D eigenvalue weighted by Crippen LogP contribution is 2.28. The summed E-state index contributed by atoms with van der Waals surface area (Å²) in [6.45, 7) is 3.73. The van der Waals surface area contributed by atoms with Crippen molar-refractivity contribution in [1.29, 1.82) is 0 Å². The zero-order valence-corrected chi connectivity index (χ0v) is 5.51. The summed E-state index contributed by atoms with van der Waals surface area (Å²) in [7, 11) is 0. The molecular weight excluding hydrogens is 120 g/mol. The molecule has 1 radical (unpaired) electrons. The average Bonchev–Trinajstić information content (AvgIpc) is 1.97. The van der Waals surface area contributed by atoms with Crippen molar-refractivity contribution in [2.45, 2.75) is 20.0 Å². The van der Waals surface area contributed by atoms with Gasteiger partial charge in [0.05, 0.1) is 6.61 Å². The molecule has 0 amide bonds. The molecule has 0 spiro atoms. The minimum atomic E-state index is -1.18. The van der Waals surface area contributed by atoms with Crippen molar-refractivity contribution < 1.29 is 14.6 Å². The van der Waals surface area contributed by atoms with E-state index in [0.717, 1.165) is 0 Å². The minimum absolute atomic E-state index is 0.264. The molecule has 9 heavy (non-hydrogen) atoms. The molecule has 1 fully saturated rings. The Kier molecular flexibility index (Phi) is 1.24. The largest absolute Gasteiger partial charge is 0.463 e. The van der Waals surface area contributed by atoms with Gasteiger partial charge in [0.1, 0.15) is 0 Å². The smallest absolute Gasteiger partial charge is 0.339 e. The number of hydrogen-bond donors (Lipinski definition) is 0. The van der Waals surface area contributed by atoms with Crippen molar-refractivity contribution in [3.63, 3.8) is 0 Å². The van der Waals surface area contributed by atoms with E-state index in [4.69, 9.17) is 0 Å². The Bertz CT molecular complexity index is 139. The zero-order valence-electron chi connectivity index (χ0n) is 5.51. The Morgan fingerprint density at radius 1 is 1.67 bits per heavy atom. The molecule has 0 unspecified atom stereocenters.